The number of carbonyl (C=O) groups is 1. The van der Waals surface area contributed by atoms with Crippen molar-refractivity contribution in [1.82, 2.24) is 4.90 Å². The Kier molecular flexibility index (Phi) is 5.12. The topological polar surface area (TPSA) is 40.5 Å². The summed E-state index contributed by atoms with van der Waals surface area (Å²) in [6.07, 6.45) is 5.45. The Hall–Kier alpha value is -0.410. The van der Waals surface area contributed by atoms with Crippen molar-refractivity contribution in [1.29, 1.82) is 0 Å². The number of nitrogens with zero attached hydrogens (tertiary/aromatic N) is 1. The van der Waals surface area contributed by atoms with E-state index in [1.165, 1.54) is 19.3 Å². The first-order valence-corrected chi connectivity index (χ1v) is 5.58. The number of hydrogen-bond acceptors (Lipinski definition) is 3. The van der Waals surface area contributed by atoms with Crippen LogP contribution in [0.5, 0.6) is 0 Å². The lowest BCUT2D eigenvalue weighted by Crippen LogP contribution is -2.38. The van der Waals surface area contributed by atoms with Gasteiger partial charge < -0.3 is 5.11 Å². The van der Waals surface area contributed by atoms with Gasteiger partial charge in [0, 0.05) is 19.0 Å². The molecule has 1 N–H and O–H groups in total. The molecule has 0 amide bonds. The number of β-amino-alcohol motifs (C(OH)–C–C–N with tert-alkyl or cyclic N) is 1. The minimum atomic E-state index is 0.203. The number of Topliss-reactive ketones (excluding diaryl/α,β-unsaturated/α-hetero) is 1. The van der Waals surface area contributed by atoms with Crippen molar-refractivity contribution in [2.45, 2.75) is 45.1 Å². The second-order valence-corrected chi connectivity index (χ2v) is 4.17. The zero-order valence-electron chi connectivity index (χ0n) is 9.04. The van der Waals surface area contributed by atoms with Gasteiger partial charge in [-0.2, -0.15) is 0 Å². The normalized spacial score (nSPS) is 24.6. The van der Waals surface area contributed by atoms with E-state index < -0.39 is 0 Å². The molecule has 1 aliphatic rings. The summed E-state index contributed by atoms with van der Waals surface area (Å²) in [6, 6.07) is 0.377. The molecular weight excluding hydrogens is 178 g/mol. The minimum Gasteiger partial charge on any atom is -0.395 e. The molecule has 14 heavy (non-hydrogen) atoms. The van der Waals surface area contributed by atoms with Crippen molar-refractivity contribution in [3.8, 4) is 0 Å². The Morgan fingerprint density at radius 2 is 2.21 bits per heavy atom. The summed E-state index contributed by atoms with van der Waals surface area (Å²) >= 11 is 0. The van der Waals surface area contributed by atoms with Gasteiger partial charge in [0.25, 0.3) is 0 Å². The third kappa shape index (κ3) is 3.76. The molecule has 3 heteroatoms. The molecule has 0 saturated carbocycles. The van der Waals surface area contributed by atoms with Crippen LogP contribution in [0.4, 0.5) is 0 Å². The first kappa shape index (κ1) is 11.7. The van der Waals surface area contributed by atoms with Gasteiger partial charge in [-0.15, -0.1) is 0 Å². The number of ketones is 1. The van der Waals surface area contributed by atoms with Crippen molar-refractivity contribution in [3.05, 3.63) is 0 Å². The van der Waals surface area contributed by atoms with Gasteiger partial charge in [0.05, 0.1) is 6.61 Å². The number of rotatable bonds is 4. The van der Waals surface area contributed by atoms with Crippen LogP contribution >= 0.6 is 0 Å². The summed E-state index contributed by atoms with van der Waals surface area (Å²) in [7, 11) is 0. The van der Waals surface area contributed by atoms with Crippen LogP contribution in [0.2, 0.25) is 0 Å². The van der Waals surface area contributed by atoms with Crippen LogP contribution < -0.4 is 0 Å². The molecule has 1 saturated heterocycles. The van der Waals surface area contributed by atoms with Gasteiger partial charge in [-0.3, -0.25) is 9.69 Å². The molecule has 1 heterocycles. The maximum atomic E-state index is 11.1. The van der Waals surface area contributed by atoms with Crippen molar-refractivity contribution in [3.63, 3.8) is 0 Å². The summed E-state index contributed by atoms with van der Waals surface area (Å²) in [4.78, 5) is 13.4. The van der Waals surface area contributed by atoms with Crippen LogP contribution in [0.1, 0.15) is 39.0 Å². The van der Waals surface area contributed by atoms with E-state index in [2.05, 4.69) is 4.90 Å². The number of aliphatic hydroxyl groups is 1. The molecule has 0 aromatic rings. The molecular formula is C11H21NO2. The molecule has 0 spiro atoms. The zero-order valence-corrected chi connectivity index (χ0v) is 9.04. The van der Waals surface area contributed by atoms with Crippen molar-refractivity contribution in [2.24, 2.45) is 0 Å². The van der Waals surface area contributed by atoms with E-state index in [0.717, 1.165) is 19.5 Å². The van der Waals surface area contributed by atoms with E-state index in [9.17, 15) is 4.79 Å². The highest BCUT2D eigenvalue weighted by Crippen LogP contribution is 2.18. The summed E-state index contributed by atoms with van der Waals surface area (Å²) in [6.45, 7) is 3.62. The summed E-state index contributed by atoms with van der Waals surface area (Å²) in [5.74, 6) is 0.264. The maximum absolute atomic E-state index is 11.1. The van der Waals surface area contributed by atoms with Crippen LogP contribution in [0.15, 0.2) is 0 Å². The lowest BCUT2D eigenvalue weighted by Gasteiger charge is -2.28. The van der Waals surface area contributed by atoms with Crippen LogP contribution in [0, 0.1) is 0 Å². The van der Waals surface area contributed by atoms with Crippen LogP contribution in [0.3, 0.4) is 0 Å². The summed E-state index contributed by atoms with van der Waals surface area (Å²) < 4.78 is 0. The first-order chi connectivity index (χ1) is 6.74. The Morgan fingerprint density at radius 3 is 2.86 bits per heavy atom. The van der Waals surface area contributed by atoms with Gasteiger partial charge in [-0.25, -0.2) is 0 Å². The van der Waals surface area contributed by atoms with Gasteiger partial charge in [-0.1, -0.05) is 12.8 Å². The lowest BCUT2D eigenvalue weighted by atomic mass is 10.0. The minimum absolute atomic E-state index is 0.203. The molecule has 1 aliphatic heterocycles. The van der Waals surface area contributed by atoms with Crippen molar-refractivity contribution >= 4 is 5.78 Å². The molecule has 0 aromatic heterocycles. The molecule has 0 aliphatic carbocycles. The van der Waals surface area contributed by atoms with E-state index in [0.29, 0.717) is 12.5 Å². The molecule has 3 nitrogen and oxygen atoms in total. The van der Waals surface area contributed by atoms with Crippen LogP contribution in [-0.2, 0) is 4.79 Å². The second-order valence-electron chi connectivity index (χ2n) is 4.17. The summed E-state index contributed by atoms with van der Waals surface area (Å²) in [5.41, 5.74) is 0. The molecule has 1 atom stereocenters. The van der Waals surface area contributed by atoms with E-state index in [4.69, 9.17) is 5.11 Å². The van der Waals surface area contributed by atoms with Gasteiger partial charge in [-0.05, 0) is 26.3 Å². The molecule has 1 unspecified atom stereocenters. The second kappa shape index (κ2) is 6.14. The molecule has 0 bridgehead atoms. The quantitative estimate of drug-likeness (QED) is 0.739. The fourth-order valence-corrected chi connectivity index (χ4v) is 2.22. The molecule has 1 fully saturated rings. The molecule has 82 valence electrons. The van der Waals surface area contributed by atoms with E-state index >= 15 is 0 Å². The average molecular weight is 199 g/mol. The highest BCUT2D eigenvalue weighted by molar-refractivity contribution is 5.76. The summed E-state index contributed by atoms with van der Waals surface area (Å²) in [5, 5.41) is 8.94. The first-order valence-electron chi connectivity index (χ1n) is 5.58. The standard InChI is InChI=1S/C11H21NO2/c1-10(14)9-11-5-3-2-4-6-12(11)7-8-13/h11,13H,2-9H2,1H3. The maximum Gasteiger partial charge on any atom is 0.131 e. The van der Waals surface area contributed by atoms with Gasteiger partial charge >= 0.3 is 0 Å². The van der Waals surface area contributed by atoms with E-state index in [1.807, 2.05) is 0 Å². The molecule has 0 aromatic carbocycles. The zero-order chi connectivity index (χ0) is 10.4. The fraction of sp³-hybridized carbons (Fsp3) is 0.909. The Morgan fingerprint density at radius 1 is 1.43 bits per heavy atom. The molecule has 0 radical (unpaired) electrons. The Labute approximate surface area is 86.1 Å². The molecule has 1 rings (SSSR count). The van der Waals surface area contributed by atoms with Gasteiger partial charge in [0.15, 0.2) is 0 Å². The lowest BCUT2D eigenvalue weighted by molar-refractivity contribution is -0.118. The van der Waals surface area contributed by atoms with Crippen molar-refractivity contribution < 1.29 is 9.90 Å². The number of likely N-dealkylation sites (tertiary alicyclic amines) is 1. The Balaban J connectivity index is 2.49. The predicted octanol–water partition coefficient (Wildman–Crippen LogP) is 1.20. The van der Waals surface area contributed by atoms with Gasteiger partial charge in [0.1, 0.15) is 5.78 Å². The number of aliphatic hydroxyl groups excluding tert-OH is 1. The fourth-order valence-electron chi connectivity index (χ4n) is 2.22. The highest BCUT2D eigenvalue weighted by atomic mass is 16.3. The average Bonchev–Trinajstić information content (AvgIpc) is 2.32. The third-order valence-corrected chi connectivity index (χ3v) is 2.91. The monoisotopic (exact) mass is 199 g/mol. The van der Waals surface area contributed by atoms with Crippen LogP contribution in [0.25, 0.3) is 0 Å². The van der Waals surface area contributed by atoms with Gasteiger partial charge in [0.2, 0.25) is 0 Å². The van der Waals surface area contributed by atoms with E-state index in [1.54, 1.807) is 6.92 Å². The van der Waals surface area contributed by atoms with E-state index in [-0.39, 0.29) is 12.4 Å². The third-order valence-electron chi connectivity index (χ3n) is 2.91. The van der Waals surface area contributed by atoms with Crippen molar-refractivity contribution in [2.75, 3.05) is 19.7 Å². The highest BCUT2D eigenvalue weighted by Gasteiger charge is 2.21. The number of hydrogen-bond donors (Lipinski definition) is 1. The Bertz CT molecular complexity index is 182. The number of carbonyl (C=O) groups excluding carboxylic acids is 1. The van der Waals surface area contributed by atoms with Crippen LogP contribution in [-0.4, -0.2) is 41.5 Å². The largest absolute Gasteiger partial charge is 0.395 e. The smallest absolute Gasteiger partial charge is 0.131 e. The predicted molar refractivity (Wildman–Crippen MR) is 56.2 cm³/mol. The SMILES string of the molecule is CC(=O)CC1CCCCCN1CCO.